The Kier molecular flexibility index (Phi) is 3.33. The monoisotopic (exact) mass is 272 g/mol. The molecule has 3 aromatic rings. The topological polar surface area (TPSA) is 55.9 Å². The summed E-state index contributed by atoms with van der Waals surface area (Å²) in [6.45, 7) is 2.92. The highest BCUT2D eigenvalue weighted by molar-refractivity contribution is 7.19. The number of thiophene rings is 1. The lowest BCUT2D eigenvalue weighted by Crippen LogP contribution is -2.30. The Morgan fingerprint density at radius 2 is 2.21 bits per heavy atom. The van der Waals surface area contributed by atoms with Gasteiger partial charge >= 0.3 is 0 Å². The van der Waals surface area contributed by atoms with Crippen LogP contribution >= 0.6 is 11.3 Å². The lowest BCUT2D eigenvalue weighted by Gasteiger charge is -2.15. The maximum absolute atomic E-state index is 5.76. The molecule has 98 valence electrons. The molecule has 5 heteroatoms. The van der Waals surface area contributed by atoms with E-state index in [2.05, 4.69) is 47.8 Å². The number of nitrogens with one attached hydrogen (secondary N) is 1. The van der Waals surface area contributed by atoms with Crippen molar-refractivity contribution in [1.29, 1.82) is 0 Å². The minimum absolute atomic E-state index is 0.0140. The van der Waals surface area contributed by atoms with E-state index in [1.54, 1.807) is 11.3 Å². The van der Waals surface area contributed by atoms with Crippen molar-refractivity contribution in [2.45, 2.75) is 19.5 Å². The summed E-state index contributed by atoms with van der Waals surface area (Å²) in [6, 6.07) is 12.6. The predicted molar refractivity (Wildman–Crippen MR) is 78.9 cm³/mol. The second-order valence-electron chi connectivity index (χ2n) is 4.36. The summed E-state index contributed by atoms with van der Waals surface area (Å²) < 4.78 is 3.25. The van der Waals surface area contributed by atoms with Gasteiger partial charge in [-0.2, -0.15) is 5.10 Å². The standard InChI is InChI=1S/C14H16N4S/c1-2-18-11(7-8-16-18)14(17-15)13-9-10-5-3-4-6-12(10)19-13/h3-9,14,17H,2,15H2,1H3. The zero-order valence-corrected chi connectivity index (χ0v) is 11.5. The van der Waals surface area contributed by atoms with Gasteiger partial charge in [0.1, 0.15) is 0 Å². The molecule has 0 aliphatic heterocycles. The van der Waals surface area contributed by atoms with E-state index in [-0.39, 0.29) is 6.04 Å². The van der Waals surface area contributed by atoms with Crippen LogP contribution in [0.1, 0.15) is 23.5 Å². The Bertz CT molecular complexity index is 652. The lowest BCUT2D eigenvalue weighted by atomic mass is 10.1. The minimum Gasteiger partial charge on any atom is -0.270 e. The average molecular weight is 272 g/mol. The van der Waals surface area contributed by atoms with Gasteiger partial charge in [-0.25, -0.2) is 5.43 Å². The largest absolute Gasteiger partial charge is 0.270 e. The van der Waals surface area contributed by atoms with E-state index in [1.807, 2.05) is 16.9 Å². The van der Waals surface area contributed by atoms with Gasteiger partial charge in [-0.15, -0.1) is 11.3 Å². The predicted octanol–water partition coefficient (Wildman–Crippen LogP) is 2.67. The number of hydrogen-bond donors (Lipinski definition) is 2. The van der Waals surface area contributed by atoms with Crippen LogP contribution in [0.3, 0.4) is 0 Å². The molecule has 1 atom stereocenters. The normalized spacial score (nSPS) is 12.9. The van der Waals surface area contributed by atoms with Crippen LogP contribution in [0.15, 0.2) is 42.6 Å². The van der Waals surface area contributed by atoms with Crippen LogP contribution < -0.4 is 11.3 Å². The molecule has 1 aromatic carbocycles. The molecule has 0 saturated heterocycles. The van der Waals surface area contributed by atoms with Crippen molar-refractivity contribution in [2.75, 3.05) is 0 Å². The molecule has 0 bridgehead atoms. The number of benzene rings is 1. The van der Waals surface area contributed by atoms with E-state index in [1.165, 1.54) is 15.0 Å². The molecule has 0 amide bonds. The van der Waals surface area contributed by atoms with E-state index in [0.29, 0.717) is 0 Å². The van der Waals surface area contributed by atoms with Gasteiger partial charge in [-0.05, 0) is 30.5 Å². The van der Waals surface area contributed by atoms with Crippen molar-refractivity contribution in [3.8, 4) is 0 Å². The summed E-state index contributed by atoms with van der Waals surface area (Å²) in [6.07, 6.45) is 1.82. The van der Waals surface area contributed by atoms with Crippen molar-refractivity contribution in [2.24, 2.45) is 5.84 Å². The van der Waals surface area contributed by atoms with Gasteiger partial charge < -0.3 is 0 Å². The Morgan fingerprint density at radius 1 is 1.37 bits per heavy atom. The van der Waals surface area contributed by atoms with Crippen molar-refractivity contribution < 1.29 is 0 Å². The van der Waals surface area contributed by atoms with E-state index >= 15 is 0 Å². The van der Waals surface area contributed by atoms with Gasteiger partial charge in [0.2, 0.25) is 0 Å². The molecular weight excluding hydrogens is 256 g/mol. The number of fused-ring (bicyclic) bond motifs is 1. The summed E-state index contributed by atoms with van der Waals surface area (Å²) in [4.78, 5) is 1.21. The molecule has 0 saturated carbocycles. The maximum atomic E-state index is 5.76. The average Bonchev–Trinajstić information content (AvgIpc) is 3.05. The number of hydrogen-bond acceptors (Lipinski definition) is 4. The molecule has 0 aliphatic carbocycles. The van der Waals surface area contributed by atoms with Gasteiger partial charge in [0.15, 0.2) is 0 Å². The van der Waals surface area contributed by atoms with Crippen LogP contribution in [0.2, 0.25) is 0 Å². The highest BCUT2D eigenvalue weighted by Gasteiger charge is 2.18. The Morgan fingerprint density at radius 3 is 2.95 bits per heavy atom. The third-order valence-electron chi connectivity index (χ3n) is 3.24. The lowest BCUT2D eigenvalue weighted by molar-refractivity contribution is 0.548. The van der Waals surface area contributed by atoms with Crippen LogP contribution in [0.5, 0.6) is 0 Å². The van der Waals surface area contributed by atoms with Crippen LogP contribution in [-0.4, -0.2) is 9.78 Å². The Balaban J connectivity index is 2.06. The molecule has 0 spiro atoms. The highest BCUT2D eigenvalue weighted by atomic mass is 32.1. The SMILES string of the molecule is CCn1nccc1C(NN)c1cc2ccccc2s1. The van der Waals surface area contributed by atoms with Crippen LogP contribution in [-0.2, 0) is 6.54 Å². The molecule has 3 N–H and O–H groups in total. The molecule has 1 unspecified atom stereocenters. The molecule has 0 radical (unpaired) electrons. The second kappa shape index (κ2) is 5.13. The number of hydrazine groups is 1. The first-order chi connectivity index (χ1) is 9.33. The Hall–Kier alpha value is -1.69. The fraction of sp³-hybridized carbons (Fsp3) is 0.214. The van der Waals surface area contributed by atoms with Crippen molar-refractivity contribution >= 4 is 21.4 Å². The first-order valence-electron chi connectivity index (χ1n) is 6.29. The van der Waals surface area contributed by atoms with E-state index in [0.717, 1.165) is 12.2 Å². The number of aromatic nitrogens is 2. The van der Waals surface area contributed by atoms with Crippen molar-refractivity contribution in [1.82, 2.24) is 15.2 Å². The molecule has 2 aromatic heterocycles. The van der Waals surface area contributed by atoms with Crippen LogP contribution in [0.4, 0.5) is 0 Å². The third-order valence-corrected chi connectivity index (χ3v) is 4.42. The van der Waals surface area contributed by atoms with Crippen LogP contribution in [0, 0.1) is 0 Å². The smallest absolute Gasteiger partial charge is 0.0970 e. The fourth-order valence-electron chi connectivity index (χ4n) is 2.31. The van der Waals surface area contributed by atoms with Gasteiger partial charge in [0.05, 0.1) is 11.7 Å². The first-order valence-corrected chi connectivity index (χ1v) is 7.11. The molecule has 19 heavy (non-hydrogen) atoms. The zero-order chi connectivity index (χ0) is 13.2. The van der Waals surface area contributed by atoms with Crippen molar-refractivity contribution in [3.05, 3.63) is 53.2 Å². The summed E-state index contributed by atoms with van der Waals surface area (Å²) in [7, 11) is 0. The van der Waals surface area contributed by atoms with Gasteiger partial charge in [0.25, 0.3) is 0 Å². The second-order valence-corrected chi connectivity index (χ2v) is 5.47. The fourth-order valence-corrected chi connectivity index (χ4v) is 3.45. The first kappa shape index (κ1) is 12.3. The number of nitrogens with two attached hydrogens (primary N) is 1. The van der Waals surface area contributed by atoms with E-state index in [4.69, 9.17) is 5.84 Å². The molecule has 3 rings (SSSR count). The van der Waals surface area contributed by atoms with E-state index < -0.39 is 0 Å². The van der Waals surface area contributed by atoms with Crippen LogP contribution in [0.25, 0.3) is 10.1 Å². The quantitative estimate of drug-likeness (QED) is 0.567. The number of aryl methyl sites for hydroxylation is 1. The van der Waals surface area contributed by atoms with E-state index in [9.17, 15) is 0 Å². The summed E-state index contributed by atoms with van der Waals surface area (Å²) in [5.74, 6) is 5.76. The van der Waals surface area contributed by atoms with Gasteiger partial charge in [-0.3, -0.25) is 10.5 Å². The molecule has 0 aliphatic rings. The molecular formula is C14H16N4S. The maximum Gasteiger partial charge on any atom is 0.0970 e. The minimum atomic E-state index is -0.0140. The highest BCUT2D eigenvalue weighted by Crippen LogP contribution is 2.32. The molecule has 0 fully saturated rings. The zero-order valence-electron chi connectivity index (χ0n) is 10.7. The number of rotatable bonds is 4. The Labute approximate surface area is 115 Å². The summed E-state index contributed by atoms with van der Waals surface area (Å²) in [5.41, 5.74) is 4.00. The summed E-state index contributed by atoms with van der Waals surface area (Å²) in [5, 5.41) is 5.56. The van der Waals surface area contributed by atoms with Crippen molar-refractivity contribution in [3.63, 3.8) is 0 Å². The molecule has 2 heterocycles. The third kappa shape index (κ3) is 2.16. The molecule has 4 nitrogen and oxygen atoms in total. The van der Waals surface area contributed by atoms with Gasteiger partial charge in [0, 0.05) is 22.3 Å². The number of nitrogens with zero attached hydrogens (tertiary/aromatic N) is 2. The summed E-state index contributed by atoms with van der Waals surface area (Å²) >= 11 is 1.76. The van der Waals surface area contributed by atoms with Gasteiger partial charge in [-0.1, -0.05) is 18.2 Å².